The predicted octanol–water partition coefficient (Wildman–Crippen LogP) is 5.17. The third kappa shape index (κ3) is 6.98. The summed E-state index contributed by atoms with van der Waals surface area (Å²) in [4.78, 5) is 28.5. The van der Waals surface area contributed by atoms with Gasteiger partial charge in [-0.1, -0.05) is 48.4 Å². The molecule has 2 N–H and O–H groups in total. The molecule has 2 aliphatic rings. The minimum absolute atomic E-state index is 0.0720. The SMILES string of the molecule is O=C(c1ccc(OCCCCC2CCN(C(=O)[C@](O)(c3ccccc3)C(F)(F)F)CC2)cc1Cl)N1CCC[C@@H]1CO. The number of halogens is 4. The van der Waals surface area contributed by atoms with Crippen molar-refractivity contribution in [2.24, 2.45) is 5.92 Å². The highest BCUT2D eigenvalue weighted by Crippen LogP contribution is 2.41. The quantitative estimate of drug-likeness (QED) is 0.369. The van der Waals surface area contributed by atoms with Crippen LogP contribution in [0.1, 0.15) is 60.9 Å². The van der Waals surface area contributed by atoms with E-state index in [1.807, 2.05) is 0 Å². The van der Waals surface area contributed by atoms with Crippen molar-refractivity contribution in [1.82, 2.24) is 9.80 Å². The smallest absolute Gasteiger partial charge is 0.430 e. The van der Waals surface area contributed by atoms with E-state index in [9.17, 15) is 33.0 Å². The molecule has 2 heterocycles. The van der Waals surface area contributed by atoms with Gasteiger partial charge >= 0.3 is 6.18 Å². The van der Waals surface area contributed by atoms with Gasteiger partial charge < -0.3 is 24.7 Å². The van der Waals surface area contributed by atoms with Crippen LogP contribution in [0.4, 0.5) is 13.2 Å². The molecule has 2 atom stereocenters. The molecule has 0 radical (unpaired) electrons. The van der Waals surface area contributed by atoms with Crippen molar-refractivity contribution in [1.29, 1.82) is 0 Å². The lowest BCUT2D eigenvalue weighted by Gasteiger charge is -2.38. The van der Waals surface area contributed by atoms with Crippen LogP contribution in [0.15, 0.2) is 48.5 Å². The highest BCUT2D eigenvalue weighted by atomic mass is 35.5. The van der Waals surface area contributed by atoms with Crippen molar-refractivity contribution in [2.75, 3.05) is 32.8 Å². The molecule has 4 rings (SSSR count). The lowest BCUT2D eigenvalue weighted by atomic mass is 9.88. The molecule has 0 saturated carbocycles. The van der Waals surface area contributed by atoms with E-state index in [0.717, 1.165) is 49.1 Å². The van der Waals surface area contributed by atoms with Crippen LogP contribution in [0.3, 0.4) is 0 Å². The molecule has 2 aromatic carbocycles. The van der Waals surface area contributed by atoms with Crippen LogP contribution in [0.25, 0.3) is 0 Å². The number of likely N-dealkylation sites (tertiary alicyclic amines) is 2. The van der Waals surface area contributed by atoms with Crippen molar-refractivity contribution in [3.63, 3.8) is 0 Å². The topological polar surface area (TPSA) is 90.3 Å². The summed E-state index contributed by atoms with van der Waals surface area (Å²) in [5, 5.41) is 20.3. The van der Waals surface area contributed by atoms with Gasteiger partial charge in [-0.2, -0.15) is 13.2 Å². The monoisotopic (exact) mass is 596 g/mol. The number of alkyl halides is 3. The van der Waals surface area contributed by atoms with Crippen LogP contribution in [0.5, 0.6) is 5.75 Å². The Morgan fingerprint density at radius 3 is 2.34 bits per heavy atom. The van der Waals surface area contributed by atoms with Crippen molar-refractivity contribution >= 4 is 23.4 Å². The summed E-state index contributed by atoms with van der Waals surface area (Å²) < 4.78 is 47.4. The number of piperidine rings is 1. The molecular formula is C30H36ClF3N2O5. The summed E-state index contributed by atoms with van der Waals surface area (Å²) in [5.41, 5.74) is -3.67. The van der Waals surface area contributed by atoms with Crippen molar-refractivity contribution in [3.05, 3.63) is 64.7 Å². The second-order valence-electron chi connectivity index (χ2n) is 10.8. The number of benzene rings is 2. The standard InChI is InChI=1S/C30H36ClF3N2O5/c31-26-19-24(11-12-25(26)27(38)36-15-6-10-23(36)20-37)41-18-5-4-7-21-13-16-35(17-14-21)28(39)29(40,30(32,33)34)22-8-2-1-3-9-22/h1-3,8-9,11-12,19,21,23,37,40H,4-7,10,13-18,20H2/t23-,29-/m1/s1. The van der Waals surface area contributed by atoms with Crippen LogP contribution in [-0.4, -0.2) is 76.9 Å². The summed E-state index contributed by atoms with van der Waals surface area (Å²) in [6.45, 7) is 1.28. The number of ether oxygens (including phenoxy) is 1. The Balaban J connectivity index is 1.20. The predicted molar refractivity (Wildman–Crippen MR) is 148 cm³/mol. The summed E-state index contributed by atoms with van der Waals surface area (Å²) >= 11 is 6.36. The first-order chi connectivity index (χ1) is 19.6. The molecule has 2 saturated heterocycles. The molecule has 2 fully saturated rings. The molecule has 2 aromatic rings. The fourth-order valence-electron chi connectivity index (χ4n) is 5.67. The van der Waals surface area contributed by atoms with E-state index in [-0.39, 0.29) is 37.6 Å². The van der Waals surface area contributed by atoms with E-state index in [4.69, 9.17) is 16.3 Å². The average molecular weight is 597 g/mol. The molecular weight excluding hydrogens is 561 g/mol. The average Bonchev–Trinajstić information content (AvgIpc) is 3.45. The number of carbonyl (C=O) groups is 2. The Labute approximate surface area is 242 Å². The van der Waals surface area contributed by atoms with Crippen LogP contribution >= 0.6 is 11.6 Å². The number of aliphatic hydroxyl groups is 2. The Morgan fingerprint density at radius 1 is 1.00 bits per heavy atom. The fraction of sp³-hybridized carbons (Fsp3) is 0.533. The number of hydrogen-bond donors (Lipinski definition) is 2. The summed E-state index contributed by atoms with van der Waals surface area (Å²) in [6, 6.07) is 11.3. The van der Waals surface area contributed by atoms with Gasteiger partial charge in [-0.3, -0.25) is 9.59 Å². The maximum atomic E-state index is 13.9. The zero-order valence-corrected chi connectivity index (χ0v) is 23.5. The highest BCUT2D eigenvalue weighted by molar-refractivity contribution is 6.34. The van der Waals surface area contributed by atoms with Gasteiger partial charge in [0.2, 0.25) is 0 Å². The number of rotatable bonds is 10. The highest BCUT2D eigenvalue weighted by Gasteiger charge is 2.62. The zero-order chi connectivity index (χ0) is 29.6. The summed E-state index contributed by atoms with van der Waals surface area (Å²) in [7, 11) is 0. The first-order valence-corrected chi connectivity index (χ1v) is 14.4. The molecule has 2 aliphatic heterocycles. The molecule has 0 spiro atoms. The molecule has 7 nitrogen and oxygen atoms in total. The number of carbonyl (C=O) groups excluding carboxylic acids is 2. The first kappa shape index (κ1) is 31.1. The molecule has 0 unspecified atom stereocenters. The fourth-order valence-corrected chi connectivity index (χ4v) is 5.92. The number of aliphatic hydroxyl groups excluding tert-OH is 1. The van der Waals surface area contributed by atoms with Gasteiger partial charge in [0.05, 0.1) is 29.8 Å². The van der Waals surface area contributed by atoms with Gasteiger partial charge in [-0.15, -0.1) is 0 Å². The molecule has 224 valence electrons. The van der Waals surface area contributed by atoms with Gasteiger partial charge in [0.1, 0.15) is 5.75 Å². The van der Waals surface area contributed by atoms with Crippen LogP contribution in [0.2, 0.25) is 5.02 Å². The van der Waals surface area contributed by atoms with E-state index in [2.05, 4.69) is 0 Å². The van der Waals surface area contributed by atoms with Crippen LogP contribution in [-0.2, 0) is 10.4 Å². The van der Waals surface area contributed by atoms with E-state index < -0.39 is 23.2 Å². The second-order valence-corrected chi connectivity index (χ2v) is 11.2. The van der Waals surface area contributed by atoms with Gasteiger partial charge in [0.25, 0.3) is 17.4 Å². The molecule has 2 amide bonds. The van der Waals surface area contributed by atoms with Crippen LogP contribution < -0.4 is 4.74 Å². The minimum atomic E-state index is -5.14. The Hall–Kier alpha value is -2.82. The summed E-state index contributed by atoms with van der Waals surface area (Å²) in [6.07, 6.45) is 0.0604. The van der Waals surface area contributed by atoms with Gasteiger partial charge in [-0.05, 0) is 62.6 Å². The molecule has 11 heteroatoms. The lowest BCUT2D eigenvalue weighted by Crippen LogP contribution is -2.57. The maximum absolute atomic E-state index is 13.9. The third-order valence-corrected chi connectivity index (χ3v) is 8.42. The normalized spacial score (nSPS) is 19.7. The van der Waals surface area contributed by atoms with Crippen molar-refractivity contribution in [2.45, 2.75) is 62.8 Å². The maximum Gasteiger partial charge on any atom is 0.430 e. The van der Waals surface area contributed by atoms with Crippen LogP contribution in [0, 0.1) is 5.92 Å². The molecule has 0 aromatic heterocycles. The Kier molecular flexibility index (Phi) is 10.2. The lowest BCUT2D eigenvalue weighted by molar-refractivity contribution is -0.262. The van der Waals surface area contributed by atoms with E-state index in [1.165, 1.54) is 18.2 Å². The zero-order valence-electron chi connectivity index (χ0n) is 22.8. The molecule has 0 aliphatic carbocycles. The first-order valence-electron chi connectivity index (χ1n) is 14.0. The number of nitrogens with zero attached hydrogens (tertiary/aromatic N) is 2. The van der Waals surface area contributed by atoms with Crippen molar-refractivity contribution in [3.8, 4) is 5.75 Å². The largest absolute Gasteiger partial charge is 0.494 e. The van der Waals surface area contributed by atoms with Gasteiger partial charge in [-0.25, -0.2) is 0 Å². The van der Waals surface area contributed by atoms with E-state index in [0.29, 0.717) is 42.3 Å². The molecule has 0 bridgehead atoms. The summed E-state index contributed by atoms with van der Waals surface area (Å²) in [5.74, 6) is -0.714. The van der Waals surface area contributed by atoms with E-state index >= 15 is 0 Å². The second kappa shape index (κ2) is 13.4. The van der Waals surface area contributed by atoms with Crippen molar-refractivity contribution < 1.29 is 37.7 Å². The molecule has 41 heavy (non-hydrogen) atoms. The number of unbranched alkanes of at least 4 members (excludes halogenated alkanes) is 1. The minimum Gasteiger partial charge on any atom is -0.494 e. The Morgan fingerprint density at radius 2 is 1.71 bits per heavy atom. The third-order valence-electron chi connectivity index (χ3n) is 8.11. The van der Waals surface area contributed by atoms with Gasteiger partial charge in [0.15, 0.2) is 0 Å². The number of hydrogen-bond acceptors (Lipinski definition) is 5. The number of amides is 2. The Bertz CT molecular complexity index is 1190. The van der Waals surface area contributed by atoms with Gasteiger partial charge in [0, 0.05) is 25.2 Å². The van der Waals surface area contributed by atoms with E-state index in [1.54, 1.807) is 23.1 Å².